The molecule has 0 aliphatic rings. The van der Waals surface area contributed by atoms with Crippen molar-refractivity contribution in [3.05, 3.63) is 95.6 Å². The first kappa shape index (κ1) is 23.0. The van der Waals surface area contributed by atoms with Gasteiger partial charge >= 0.3 is 0 Å². The molecular formula is C26H27NO5. The molecule has 1 N–H and O–H groups in total. The highest BCUT2D eigenvalue weighted by Gasteiger charge is 2.10. The van der Waals surface area contributed by atoms with E-state index >= 15 is 0 Å². The van der Waals surface area contributed by atoms with E-state index in [1.165, 1.54) is 14.0 Å². The fraction of sp³-hybridized carbons (Fsp3) is 0.231. The number of aliphatic hydroxyl groups is 1. The van der Waals surface area contributed by atoms with Crippen LogP contribution in [0.3, 0.4) is 0 Å². The molecule has 0 fully saturated rings. The maximum atomic E-state index is 11.1. The van der Waals surface area contributed by atoms with Crippen LogP contribution in [0.1, 0.15) is 36.1 Å². The summed E-state index contributed by atoms with van der Waals surface area (Å²) in [5.41, 5.74) is 3.34. The third-order valence-corrected chi connectivity index (χ3v) is 4.76. The standard InChI is InChI=1S/C26H27NO5/c1-19(28)16-26(29)22-10-14-24(15-11-22)31-17-20-8-12-23(13-9-20)32-18-25(27-30-2)21-6-4-3-5-7-21/h3-15,26,29H,16-18H2,1-2H3. The smallest absolute Gasteiger partial charge is 0.134 e. The van der Waals surface area contributed by atoms with Crippen LogP contribution >= 0.6 is 0 Å². The van der Waals surface area contributed by atoms with Gasteiger partial charge in [-0.2, -0.15) is 0 Å². The summed E-state index contributed by atoms with van der Waals surface area (Å²) in [5.74, 6) is 1.36. The van der Waals surface area contributed by atoms with Gasteiger partial charge in [-0.25, -0.2) is 0 Å². The summed E-state index contributed by atoms with van der Waals surface area (Å²) in [6.07, 6.45) is -0.677. The van der Waals surface area contributed by atoms with Crippen molar-refractivity contribution >= 4 is 11.5 Å². The lowest BCUT2D eigenvalue weighted by molar-refractivity contribution is -0.118. The number of Topliss-reactive ketones (excluding diaryl/α,β-unsaturated/α-hetero) is 1. The van der Waals surface area contributed by atoms with E-state index in [4.69, 9.17) is 14.3 Å². The van der Waals surface area contributed by atoms with Crippen LogP contribution in [0, 0.1) is 0 Å². The van der Waals surface area contributed by atoms with Gasteiger partial charge in [-0.1, -0.05) is 59.8 Å². The summed E-state index contributed by atoms with van der Waals surface area (Å²) >= 11 is 0. The summed E-state index contributed by atoms with van der Waals surface area (Å²) in [6, 6.07) is 24.5. The van der Waals surface area contributed by atoms with E-state index in [1.54, 1.807) is 24.3 Å². The van der Waals surface area contributed by atoms with Crippen molar-refractivity contribution in [1.29, 1.82) is 0 Å². The zero-order valence-electron chi connectivity index (χ0n) is 18.2. The lowest BCUT2D eigenvalue weighted by Gasteiger charge is -2.12. The molecule has 3 aromatic rings. The van der Waals surface area contributed by atoms with Crippen molar-refractivity contribution < 1.29 is 24.2 Å². The average molecular weight is 434 g/mol. The van der Waals surface area contributed by atoms with E-state index in [-0.39, 0.29) is 18.8 Å². The van der Waals surface area contributed by atoms with Gasteiger partial charge in [0.25, 0.3) is 0 Å². The van der Waals surface area contributed by atoms with Crippen molar-refractivity contribution in [2.75, 3.05) is 13.7 Å². The van der Waals surface area contributed by atoms with Gasteiger partial charge < -0.3 is 19.4 Å². The highest BCUT2D eigenvalue weighted by molar-refractivity contribution is 6.01. The van der Waals surface area contributed by atoms with Gasteiger partial charge in [0.15, 0.2) is 0 Å². The van der Waals surface area contributed by atoms with Gasteiger partial charge in [-0.05, 0) is 42.3 Å². The Morgan fingerprint density at radius 1 is 0.906 bits per heavy atom. The van der Waals surface area contributed by atoms with Crippen molar-refractivity contribution in [3.8, 4) is 11.5 Å². The molecule has 6 nitrogen and oxygen atoms in total. The fourth-order valence-electron chi connectivity index (χ4n) is 3.08. The maximum Gasteiger partial charge on any atom is 0.134 e. The molecule has 0 amide bonds. The molecule has 166 valence electrons. The first-order valence-electron chi connectivity index (χ1n) is 10.3. The number of nitrogens with zero attached hydrogens (tertiary/aromatic N) is 1. The van der Waals surface area contributed by atoms with Gasteiger partial charge in [0.1, 0.15) is 43.3 Å². The minimum atomic E-state index is -0.787. The second-order valence-electron chi connectivity index (χ2n) is 7.30. The molecule has 0 aliphatic carbocycles. The van der Waals surface area contributed by atoms with Gasteiger partial charge in [-0.3, -0.25) is 4.79 Å². The highest BCUT2D eigenvalue weighted by atomic mass is 16.6. The molecule has 1 unspecified atom stereocenters. The van der Waals surface area contributed by atoms with E-state index in [2.05, 4.69) is 5.16 Å². The molecule has 0 aliphatic heterocycles. The summed E-state index contributed by atoms with van der Waals surface area (Å²) < 4.78 is 11.7. The second-order valence-corrected chi connectivity index (χ2v) is 7.30. The Bertz CT molecular complexity index is 1010. The van der Waals surface area contributed by atoms with Gasteiger partial charge in [-0.15, -0.1) is 0 Å². The minimum Gasteiger partial charge on any atom is -0.489 e. The first-order chi connectivity index (χ1) is 15.5. The minimum absolute atomic E-state index is 0.0486. The summed E-state index contributed by atoms with van der Waals surface area (Å²) in [6.45, 7) is 2.15. The molecule has 0 saturated heterocycles. The fourth-order valence-corrected chi connectivity index (χ4v) is 3.08. The average Bonchev–Trinajstić information content (AvgIpc) is 2.81. The number of aliphatic hydroxyl groups excluding tert-OH is 1. The maximum absolute atomic E-state index is 11.1. The number of ketones is 1. The topological polar surface area (TPSA) is 77.3 Å². The van der Waals surface area contributed by atoms with Crippen molar-refractivity contribution in [2.45, 2.75) is 26.1 Å². The Kier molecular flexibility index (Phi) is 8.40. The van der Waals surface area contributed by atoms with Gasteiger partial charge in [0.2, 0.25) is 0 Å². The predicted molar refractivity (Wildman–Crippen MR) is 123 cm³/mol. The van der Waals surface area contributed by atoms with Crippen LogP contribution < -0.4 is 9.47 Å². The Labute approximate surface area is 188 Å². The Balaban J connectivity index is 1.51. The van der Waals surface area contributed by atoms with E-state index in [0.29, 0.717) is 23.6 Å². The highest BCUT2D eigenvalue weighted by Crippen LogP contribution is 2.21. The monoisotopic (exact) mass is 433 g/mol. The van der Waals surface area contributed by atoms with Crippen LogP contribution in [-0.4, -0.2) is 30.3 Å². The number of ether oxygens (including phenoxy) is 2. The van der Waals surface area contributed by atoms with Gasteiger partial charge in [0.05, 0.1) is 6.10 Å². The normalized spacial score (nSPS) is 12.2. The number of rotatable bonds is 11. The number of oxime groups is 1. The molecule has 3 rings (SSSR count). The van der Waals surface area contributed by atoms with Crippen molar-refractivity contribution in [2.24, 2.45) is 5.16 Å². The van der Waals surface area contributed by atoms with Crippen molar-refractivity contribution in [3.63, 3.8) is 0 Å². The molecule has 0 bridgehead atoms. The lowest BCUT2D eigenvalue weighted by Crippen LogP contribution is -2.13. The SMILES string of the molecule is CON=C(COc1ccc(COc2ccc(C(O)CC(C)=O)cc2)cc1)c1ccccc1. The Hall–Kier alpha value is -3.64. The first-order valence-corrected chi connectivity index (χ1v) is 10.3. The number of hydrogen-bond acceptors (Lipinski definition) is 6. The number of benzene rings is 3. The molecule has 32 heavy (non-hydrogen) atoms. The molecule has 0 heterocycles. The van der Waals surface area contributed by atoms with Crippen LogP contribution in [0.25, 0.3) is 0 Å². The molecule has 6 heteroatoms. The van der Waals surface area contributed by atoms with E-state index in [0.717, 1.165) is 16.9 Å². The van der Waals surface area contributed by atoms with Crippen LogP contribution in [-0.2, 0) is 16.2 Å². The number of hydrogen-bond donors (Lipinski definition) is 1. The van der Waals surface area contributed by atoms with Crippen LogP contribution in [0.5, 0.6) is 11.5 Å². The van der Waals surface area contributed by atoms with Crippen molar-refractivity contribution in [1.82, 2.24) is 0 Å². The number of carbonyl (C=O) groups is 1. The molecule has 0 aromatic heterocycles. The molecule has 0 spiro atoms. The molecule has 3 aromatic carbocycles. The summed E-state index contributed by atoms with van der Waals surface area (Å²) in [4.78, 5) is 16.1. The van der Waals surface area contributed by atoms with Gasteiger partial charge in [0, 0.05) is 12.0 Å². The van der Waals surface area contributed by atoms with E-state index in [1.807, 2.05) is 54.6 Å². The molecule has 1 atom stereocenters. The predicted octanol–water partition coefficient (Wildman–Crippen LogP) is 4.71. The Morgan fingerprint density at radius 2 is 1.53 bits per heavy atom. The zero-order chi connectivity index (χ0) is 22.8. The zero-order valence-corrected chi connectivity index (χ0v) is 18.2. The Morgan fingerprint density at radius 3 is 2.16 bits per heavy atom. The van der Waals surface area contributed by atoms with Crippen LogP contribution in [0.15, 0.2) is 84.0 Å². The second kappa shape index (κ2) is 11.7. The third-order valence-electron chi connectivity index (χ3n) is 4.76. The molecule has 0 radical (unpaired) electrons. The quantitative estimate of drug-likeness (QED) is 0.350. The summed E-state index contributed by atoms with van der Waals surface area (Å²) in [7, 11) is 1.51. The van der Waals surface area contributed by atoms with Crippen LogP contribution in [0.4, 0.5) is 0 Å². The van der Waals surface area contributed by atoms with E-state index in [9.17, 15) is 9.90 Å². The lowest BCUT2D eigenvalue weighted by atomic mass is 10.0. The number of carbonyl (C=O) groups excluding carboxylic acids is 1. The molecule has 0 saturated carbocycles. The largest absolute Gasteiger partial charge is 0.489 e. The van der Waals surface area contributed by atoms with Crippen LogP contribution in [0.2, 0.25) is 0 Å². The summed E-state index contributed by atoms with van der Waals surface area (Å²) in [5, 5.41) is 14.1. The third kappa shape index (κ3) is 6.96. The molecular weight excluding hydrogens is 406 g/mol. The van der Waals surface area contributed by atoms with E-state index < -0.39 is 6.10 Å².